The lowest BCUT2D eigenvalue weighted by Gasteiger charge is -2.25. The van der Waals surface area contributed by atoms with Gasteiger partial charge in [0.1, 0.15) is 6.54 Å². The van der Waals surface area contributed by atoms with Crippen molar-refractivity contribution in [1.82, 2.24) is 0 Å². The molecule has 0 bridgehead atoms. The van der Waals surface area contributed by atoms with Crippen LogP contribution in [0.2, 0.25) is 5.02 Å². The minimum Gasteiger partial charge on any atom is -0.462 e. The molecule has 38 heavy (non-hydrogen) atoms. The summed E-state index contributed by atoms with van der Waals surface area (Å²) >= 11 is 5.72. The predicted octanol–water partition coefficient (Wildman–Crippen LogP) is 5.99. The maximum absolute atomic E-state index is 13.5. The molecule has 0 fully saturated rings. The number of nitrogens with one attached hydrogen (secondary N) is 1. The molecule has 12 heteroatoms. The summed E-state index contributed by atoms with van der Waals surface area (Å²) in [6.45, 7) is 4.31. The van der Waals surface area contributed by atoms with Crippen LogP contribution in [0.4, 0.5) is 24.5 Å². The first-order valence-corrected chi connectivity index (χ1v) is 13.1. The number of anilines is 2. The summed E-state index contributed by atoms with van der Waals surface area (Å²) in [6, 6.07) is 12.7. The molecule has 0 unspecified atom stereocenters. The Balaban J connectivity index is 2.03. The zero-order chi connectivity index (χ0) is 28.3. The molecule has 1 N–H and O–H groups in total. The Hall–Kier alpha value is -3.57. The summed E-state index contributed by atoms with van der Waals surface area (Å²) < 4.78 is 73.2. The lowest BCUT2D eigenvalue weighted by molar-refractivity contribution is -0.137. The van der Waals surface area contributed by atoms with Gasteiger partial charge in [0.25, 0.3) is 10.0 Å². The first-order valence-electron chi connectivity index (χ1n) is 11.3. The lowest BCUT2D eigenvalue weighted by Crippen LogP contribution is -2.38. The topological polar surface area (TPSA) is 92.8 Å². The van der Waals surface area contributed by atoms with E-state index in [1.165, 1.54) is 36.4 Å². The van der Waals surface area contributed by atoms with E-state index < -0.39 is 50.9 Å². The van der Waals surface area contributed by atoms with Crippen LogP contribution in [0, 0.1) is 13.8 Å². The van der Waals surface area contributed by atoms with Crippen molar-refractivity contribution >= 4 is 44.9 Å². The van der Waals surface area contributed by atoms with E-state index in [2.05, 4.69) is 5.32 Å². The monoisotopic (exact) mass is 568 g/mol. The highest BCUT2D eigenvalue weighted by molar-refractivity contribution is 7.92. The number of alkyl halides is 3. The average Bonchev–Trinajstić information content (AvgIpc) is 2.84. The van der Waals surface area contributed by atoms with Crippen LogP contribution < -0.4 is 9.62 Å². The van der Waals surface area contributed by atoms with Gasteiger partial charge in [-0.3, -0.25) is 9.10 Å². The zero-order valence-corrected chi connectivity index (χ0v) is 22.2. The van der Waals surface area contributed by atoms with Crippen molar-refractivity contribution in [2.45, 2.75) is 31.8 Å². The number of carbonyl (C=O) groups is 2. The molecule has 3 aromatic rings. The molecular weight excluding hydrogens is 545 g/mol. The molecule has 0 atom stereocenters. The third kappa shape index (κ3) is 6.65. The maximum Gasteiger partial charge on any atom is 0.417 e. The number of amides is 1. The van der Waals surface area contributed by atoms with Gasteiger partial charge in [-0.05, 0) is 68.8 Å². The third-order valence-corrected chi connectivity index (χ3v) is 7.58. The number of aryl methyl sites for hydroxylation is 2. The van der Waals surface area contributed by atoms with Gasteiger partial charge in [-0.1, -0.05) is 35.4 Å². The number of ether oxygens (including phenoxy) is 1. The molecule has 3 rings (SSSR count). The molecule has 7 nitrogen and oxygen atoms in total. The molecule has 1 amide bonds. The van der Waals surface area contributed by atoms with Crippen molar-refractivity contribution in [2.24, 2.45) is 0 Å². The Morgan fingerprint density at radius 1 is 1.00 bits per heavy atom. The van der Waals surface area contributed by atoms with Gasteiger partial charge in [-0.15, -0.1) is 0 Å². The van der Waals surface area contributed by atoms with Crippen molar-refractivity contribution in [1.29, 1.82) is 0 Å². The molecule has 0 saturated heterocycles. The molecule has 3 aromatic carbocycles. The number of hydrogen-bond donors (Lipinski definition) is 1. The number of halogens is 4. The number of hydrogen-bond acceptors (Lipinski definition) is 5. The van der Waals surface area contributed by atoms with E-state index in [4.69, 9.17) is 16.3 Å². The van der Waals surface area contributed by atoms with Crippen molar-refractivity contribution in [3.63, 3.8) is 0 Å². The van der Waals surface area contributed by atoms with Crippen LogP contribution in [0.15, 0.2) is 65.6 Å². The van der Waals surface area contributed by atoms with Gasteiger partial charge in [0.05, 0.1) is 33.3 Å². The minimum atomic E-state index is -4.86. The second-order valence-electron chi connectivity index (χ2n) is 8.28. The predicted molar refractivity (Wildman–Crippen MR) is 138 cm³/mol. The summed E-state index contributed by atoms with van der Waals surface area (Å²) in [5, 5.41) is 1.92. The Morgan fingerprint density at radius 2 is 1.66 bits per heavy atom. The molecule has 0 radical (unpaired) electrons. The highest BCUT2D eigenvalue weighted by atomic mass is 35.5. The fourth-order valence-electron chi connectivity index (χ4n) is 3.46. The highest BCUT2D eigenvalue weighted by Gasteiger charge is 2.35. The van der Waals surface area contributed by atoms with E-state index >= 15 is 0 Å². The number of carbonyl (C=O) groups excluding carboxylic acids is 2. The van der Waals surface area contributed by atoms with E-state index in [-0.39, 0.29) is 22.8 Å². The van der Waals surface area contributed by atoms with E-state index in [1.807, 2.05) is 0 Å². The van der Waals surface area contributed by atoms with E-state index in [9.17, 15) is 31.2 Å². The van der Waals surface area contributed by atoms with Crippen LogP contribution in [-0.4, -0.2) is 33.4 Å². The fraction of sp³-hybridized carbons (Fsp3) is 0.231. The number of benzene rings is 3. The molecule has 0 saturated carbocycles. The molecule has 0 aromatic heterocycles. The Kier molecular flexibility index (Phi) is 8.73. The van der Waals surface area contributed by atoms with Crippen LogP contribution in [0.25, 0.3) is 0 Å². The van der Waals surface area contributed by atoms with Gasteiger partial charge in [0, 0.05) is 5.69 Å². The fourth-order valence-corrected chi connectivity index (χ4v) is 5.09. The quantitative estimate of drug-likeness (QED) is 0.337. The van der Waals surface area contributed by atoms with E-state index in [1.54, 1.807) is 26.8 Å². The second kappa shape index (κ2) is 11.4. The number of rotatable bonds is 8. The Morgan fingerprint density at radius 3 is 2.26 bits per heavy atom. The van der Waals surface area contributed by atoms with Gasteiger partial charge >= 0.3 is 12.1 Å². The van der Waals surface area contributed by atoms with E-state index in [0.29, 0.717) is 15.9 Å². The molecule has 0 heterocycles. The van der Waals surface area contributed by atoms with Crippen LogP contribution in [0.3, 0.4) is 0 Å². The van der Waals surface area contributed by atoms with Gasteiger partial charge in [-0.25, -0.2) is 13.2 Å². The summed E-state index contributed by atoms with van der Waals surface area (Å²) in [4.78, 5) is 24.9. The Bertz CT molecular complexity index is 1460. The molecular formula is C26H24ClF3N2O5S. The summed E-state index contributed by atoms with van der Waals surface area (Å²) in [5.74, 6) is -1.47. The standard InChI is InChI=1S/C26H24ClF3N2O5S/c1-4-37-25(34)18-8-7-17(3)23(13-18)31-24(33)15-32(38(35,36)20-10-5-16(2)6-11-20)19-9-12-22(27)21(14-19)26(28,29)30/h5-14H,4,15H2,1-3H3,(H,31,33). The second-order valence-corrected chi connectivity index (χ2v) is 10.6. The van der Waals surface area contributed by atoms with Gasteiger partial charge in [-0.2, -0.15) is 13.2 Å². The van der Waals surface area contributed by atoms with Crippen molar-refractivity contribution in [3.05, 3.63) is 87.9 Å². The summed E-state index contributed by atoms with van der Waals surface area (Å²) in [7, 11) is -4.48. The normalized spacial score (nSPS) is 11.7. The van der Waals surface area contributed by atoms with Gasteiger partial charge in [0.15, 0.2) is 0 Å². The van der Waals surface area contributed by atoms with Gasteiger partial charge < -0.3 is 10.1 Å². The first kappa shape index (κ1) is 29.0. The number of esters is 1. The van der Waals surface area contributed by atoms with Gasteiger partial charge in [0.2, 0.25) is 5.91 Å². The lowest BCUT2D eigenvalue weighted by atomic mass is 10.1. The molecule has 0 aliphatic heterocycles. The van der Waals surface area contributed by atoms with Crippen LogP contribution in [0.5, 0.6) is 0 Å². The third-order valence-electron chi connectivity index (χ3n) is 5.46. The first-order chi connectivity index (χ1) is 17.7. The maximum atomic E-state index is 13.5. The van der Waals surface area contributed by atoms with Crippen molar-refractivity contribution < 1.29 is 35.9 Å². The minimum absolute atomic E-state index is 0.140. The van der Waals surface area contributed by atoms with Crippen molar-refractivity contribution in [3.8, 4) is 0 Å². The van der Waals surface area contributed by atoms with Crippen LogP contribution >= 0.6 is 11.6 Å². The molecule has 0 aliphatic rings. The average molecular weight is 569 g/mol. The SMILES string of the molecule is CCOC(=O)c1ccc(C)c(NC(=O)CN(c2ccc(Cl)c(C(F)(F)F)c2)S(=O)(=O)c2ccc(C)cc2)c1. The largest absolute Gasteiger partial charge is 0.462 e. The number of nitrogens with zero attached hydrogens (tertiary/aromatic N) is 1. The zero-order valence-electron chi connectivity index (χ0n) is 20.6. The van der Waals surface area contributed by atoms with Crippen LogP contribution in [-0.2, 0) is 25.7 Å². The molecule has 0 aliphatic carbocycles. The summed E-state index contributed by atoms with van der Waals surface area (Å²) in [6.07, 6.45) is -4.86. The van der Waals surface area contributed by atoms with Crippen LogP contribution in [0.1, 0.15) is 34.0 Å². The highest BCUT2D eigenvalue weighted by Crippen LogP contribution is 2.38. The Labute approximate surface area is 223 Å². The summed E-state index contributed by atoms with van der Waals surface area (Å²) in [5.41, 5.74) is 0.0274. The molecule has 202 valence electrons. The number of sulfonamides is 1. The van der Waals surface area contributed by atoms with Crippen molar-refractivity contribution in [2.75, 3.05) is 22.8 Å². The van der Waals surface area contributed by atoms with E-state index in [0.717, 1.165) is 17.7 Å². The molecule has 0 spiro atoms. The smallest absolute Gasteiger partial charge is 0.417 e.